The molecule has 0 heterocycles. The molecule has 1 rings (SSSR count). The van der Waals surface area contributed by atoms with E-state index in [0.29, 0.717) is 0 Å². The van der Waals surface area contributed by atoms with Gasteiger partial charge in [-0.25, -0.2) is 0 Å². The van der Waals surface area contributed by atoms with E-state index in [1.807, 2.05) is 0 Å². The third-order valence-electron chi connectivity index (χ3n) is 1.39. The van der Waals surface area contributed by atoms with E-state index in [4.69, 9.17) is 10.8 Å². The van der Waals surface area contributed by atoms with Gasteiger partial charge in [0.25, 0.3) is 5.91 Å². The van der Waals surface area contributed by atoms with Crippen LogP contribution in [0.1, 0.15) is 12.8 Å². The van der Waals surface area contributed by atoms with E-state index >= 15 is 0 Å². The standard InChI is InChI=1S/C7H9NO2/c8-7(10)5-3-1-2-4-6(5)9/h3-4,9H,1-2H2,(H2,8,10). The number of hydrogen-bond acceptors (Lipinski definition) is 2. The van der Waals surface area contributed by atoms with Crippen molar-refractivity contribution in [1.82, 2.24) is 0 Å². The molecular formula is C7H9NO2. The normalized spacial score (nSPS) is 17.6. The Hall–Kier alpha value is -1.25. The fourth-order valence-corrected chi connectivity index (χ4v) is 0.889. The van der Waals surface area contributed by atoms with Crippen molar-refractivity contribution in [3.8, 4) is 0 Å². The van der Waals surface area contributed by atoms with Crippen LogP contribution in [0.15, 0.2) is 23.5 Å². The summed E-state index contributed by atoms with van der Waals surface area (Å²) in [6, 6.07) is 0. The van der Waals surface area contributed by atoms with Crippen LogP contribution in [0.5, 0.6) is 0 Å². The van der Waals surface area contributed by atoms with Crippen LogP contribution in [0.3, 0.4) is 0 Å². The number of aliphatic hydroxyl groups excluding tert-OH is 1. The molecule has 3 nitrogen and oxygen atoms in total. The lowest BCUT2D eigenvalue weighted by Crippen LogP contribution is -2.16. The number of carbonyl (C=O) groups excluding carboxylic acids is 1. The van der Waals surface area contributed by atoms with Crippen molar-refractivity contribution < 1.29 is 9.90 Å². The lowest BCUT2D eigenvalue weighted by atomic mass is 10.1. The van der Waals surface area contributed by atoms with Gasteiger partial charge in [0.05, 0.1) is 5.57 Å². The van der Waals surface area contributed by atoms with Crippen molar-refractivity contribution in [2.75, 3.05) is 0 Å². The van der Waals surface area contributed by atoms with Crippen LogP contribution in [-0.4, -0.2) is 11.0 Å². The number of hydrogen-bond donors (Lipinski definition) is 2. The molecule has 1 aliphatic carbocycles. The summed E-state index contributed by atoms with van der Waals surface area (Å²) >= 11 is 0. The van der Waals surface area contributed by atoms with E-state index in [-0.39, 0.29) is 11.3 Å². The van der Waals surface area contributed by atoms with Gasteiger partial charge >= 0.3 is 0 Å². The second-order valence-corrected chi connectivity index (χ2v) is 2.15. The molecule has 54 valence electrons. The van der Waals surface area contributed by atoms with E-state index in [1.54, 1.807) is 12.2 Å². The second-order valence-electron chi connectivity index (χ2n) is 2.15. The van der Waals surface area contributed by atoms with Gasteiger partial charge in [-0.3, -0.25) is 4.79 Å². The van der Waals surface area contributed by atoms with Gasteiger partial charge in [0, 0.05) is 0 Å². The van der Waals surface area contributed by atoms with E-state index < -0.39 is 5.91 Å². The Bertz CT molecular complexity index is 216. The van der Waals surface area contributed by atoms with Crippen molar-refractivity contribution in [2.24, 2.45) is 5.73 Å². The van der Waals surface area contributed by atoms with Gasteiger partial charge in [-0.05, 0) is 18.9 Å². The smallest absolute Gasteiger partial charge is 0.252 e. The van der Waals surface area contributed by atoms with E-state index in [9.17, 15) is 4.79 Å². The molecule has 0 unspecified atom stereocenters. The summed E-state index contributed by atoms with van der Waals surface area (Å²) in [5.41, 5.74) is 5.19. The van der Waals surface area contributed by atoms with Crippen molar-refractivity contribution in [3.05, 3.63) is 23.5 Å². The molecule has 1 aliphatic rings. The molecule has 0 aliphatic heterocycles. The van der Waals surface area contributed by atoms with Gasteiger partial charge in [0.2, 0.25) is 0 Å². The first-order valence-electron chi connectivity index (χ1n) is 3.11. The maximum absolute atomic E-state index is 10.5. The van der Waals surface area contributed by atoms with E-state index in [1.165, 1.54) is 0 Å². The molecule has 3 N–H and O–H groups in total. The fraction of sp³-hybridized carbons (Fsp3) is 0.286. The van der Waals surface area contributed by atoms with Crippen LogP contribution in [0.25, 0.3) is 0 Å². The fourth-order valence-electron chi connectivity index (χ4n) is 0.889. The highest BCUT2D eigenvalue weighted by atomic mass is 16.3. The first kappa shape index (κ1) is 6.86. The highest BCUT2D eigenvalue weighted by Crippen LogP contribution is 2.14. The lowest BCUT2D eigenvalue weighted by Gasteiger charge is -2.06. The Kier molecular flexibility index (Phi) is 1.76. The molecule has 3 heteroatoms. The Morgan fingerprint density at radius 1 is 1.50 bits per heavy atom. The summed E-state index contributed by atoms with van der Waals surface area (Å²) in [5.74, 6) is -0.549. The Balaban J connectivity index is 2.84. The number of carbonyl (C=O) groups is 1. The van der Waals surface area contributed by atoms with Crippen molar-refractivity contribution >= 4 is 5.91 Å². The van der Waals surface area contributed by atoms with Crippen LogP contribution < -0.4 is 5.73 Å². The summed E-state index contributed by atoms with van der Waals surface area (Å²) in [4.78, 5) is 10.5. The number of primary amides is 1. The molecule has 1 amide bonds. The molecule has 0 aromatic heterocycles. The van der Waals surface area contributed by atoms with Gasteiger partial charge in [0.15, 0.2) is 0 Å². The van der Waals surface area contributed by atoms with Crippen molar-refractivity contribution in [2.45, 2.75) is 12.8 Å². The summed E-state index contributed by atoms with van der Waals surface area (Å²) in [6.07, 6.45) is 4.81. The van der Waals surface area contributed by atoms with Gasteiger partial charge in [-0.2, -0.15) is 0 Å². The number of aliphatic hydroxyl groups is 1. The van der Waals surface area contributed by atoms with E-state index in [0.717, 1.165) is 12.8 Å². The predicted octanol–water partition coefficient (Wildman–Crippen LogP) is 0.634. The highest BCUT2D eigenvalue weighted by Gasteiger charge is 2.11. The molecule has 10 heavy (non-hydrogen) atoms. The topological polar surface area (TPSA) is 63.3 Å². The molecule has 0 spiro atoms. The SMILES string of the molecule is NC(=O)C1=CCCC=C1O. The van der Waals surface area contributed by atoms with Crippen molar-refractivity contribution in [1.29, 1.82) is 0 Å². The Labute approximate surface area is 58.8 Å². The predicted molar refractivity (Wildman–Crippen MR) is 37.2 cm³/mol. The molecule has 0 bridgehead atoms. The minimum atomic E-state index is -0.562. The zero-order chi connectivity index (χ0) is 7.56. The second kappa shape index (κ2) is 2.56. The molecule has 0 fully saturated rings. The zero-order valence-corrected chi connectivity index (χ0v) is 5.50. The summed E-state index contributed by atoms with van der Waals surface area (Å²) in [7, 11) is 0. The number of nitrogens with two attached hydrogens (primary N) is 1. The molecule has 0 saturated carbocycles. The minimum Gasteiger partial charge on any atom is -0.507 e. The van der Waals surface area contributed by atoms with Gasteiger partial charge in [0.1, 0.15) is 5.76 Å². The third-order valence-corrected chi connectivity index (χ3v) is 1.39. The molecule has 0 aromatic carbocycles. The maximum Gasteiger partial charge on any atom is 0.252 e. The average molecular weight is 139 g/mol. The average Bonchev–Trinajstić information content (AvgIpc) is 1.88. The maximum atomic E-state index is 10.5. The van der Waals surface area contributed by atoms with Crippen LogP contribution >= 0.6 is 0 Å². The monoisotopic (exact) mass is 139 g/mol. The van der Waals surface area contributed by atoms with Gasteiger partial charge < -0.3 is 10.8 Å². The van der Waals surface area contributed by atoms with Crippen LogP contribution in [-0.2, 0) is 4.79 Å². The highest BCUT2D eigenvalue weighted by molar-refractivity contribution is 5.95. The third kappa shape index (κ3) is 1.18. The first-order valence-corrected chi connectivity index (χ1v) is 3.11. The number of amides is 1. The van der Waals surface area contributed by atoms with Crippen LogP contribution in [0.2, 0.25) is 0 Å². The molecular weight excluding hydrogens is 130 g/mol. The largest absolute Gasteiger partial charge is 0.507 e. The van der Waals surface area contributed by atoms with Crippen LogP contribution in [0, 0.1) is 0 Å². The first-order chi connectivity index (χ1) is 4.72. The number of rotatable bonds is 1. The molecule has 0 aromatic rings. The Morgan fingerprint density at radius 2 is 2.10 bits per heavy atom. The molecule has 0 atom stereocenters. The molecule has 0 saturated heterocycles. The Morgan fingerprint density at radius 3 is 2.50 bits per heavy atom. The van der Waals surface area contributed by atoms with Crippen LogP contribution in [0.4, 0.5) is 0 Å². The number of allylic oxidation sites excluding steroid dienone is 2. The minimum absolute atomic E-state index is 0.0127. The lowest BCUT2D eigenvalue weighted by molar-refractivity contribution is -0.114. The van der Waals surface area contributed by atoms with E-state index in [2.05, 4.69) is 0 Å². The zero-order valence-electron chi connectivity index (χ0n) is 5.50. The quantitative estimate of drug-likeness (QED) is 0.559. The van der Waals surface area contributed by atoms with Crippen molar-refractivity contribution in [3.63, 3.8) is 0 Å². The summed E-state index contributed by atoms with van der Waals surface area (Å²) in [6.45, 7) is 0. The summed E-state index contributed by atoms with van der Waals surface area (Å²) < 4.78 is 0. The van der Waals surface area contributed by atoms with Gasteiger partial charge in [-0.1, -0.05) is 6.08 Å². The summed E-state index contributed by atoms with van der Waals surface area (Å²) in [5, 5.41) is 9.03. The van der Waals surface area contributed by atoms with Gasteiger partial charge in [-0.15, -0.1) is 0 Å². The molecule has 0 radical (unpaired) electrons.